The molecule has 0 spiro atoms. The molecule has 1 aliphatic heterocycles. The van der Waals surface area contributed by atoms with Crippen molar-refractivity contribution in [2.24, 2.45) is 11.2 Å². The average molecular weight is 275 g/mol. The summed E-state index contributed by atoms with van der Waals surface area (Å²) in [5.41, 5.74) is 0. The van der Waals surface area contributed by atoms with Crippen molar-refractivity contribution >= 4 is 11.9 Å². The fraction of sp³-hybridized carbons (Fsp3) is 0.800. The Morgan fingerprint density at radius 1 is 1.47 bits per heavy atom. The van der Waals surface area contributed by atoms with Gasteiger partial charge in [0, 0.05) is 13.3 Å². The second kappa shape index (κ2) is 6.21. The van der Waals surface area contributed by atoms with Crippen LogP contribution in [0.3, 0.4) is 0 Å². The lowest BCUT2D eigenvalue weighted by Gasteiger charge is -2.32. The summed E-state index contributed by atoms with van der Waals surface area (Å²) in [5, 5.41) is 24.3. The summed E-state index contributed by atoms with van der Waals surface area (Å²) in [5.74, 6) is -1.89. The van der Waals surface area contributed by atoms with E-state index in [4.69, 9.17) is 9.84 Å². The minimum Gasteiger partial charge on any atom is -0.569 e. The normalized spacial score (nSPS) is 20.7. The molecule has 9 heteroatoms. The number of aliphatic carboxylic acids is 1. The molecule has 0 saturated carbocycles. The molecule has 1 saturated heterocycles. The summed E-state index contributed by atoms with van der Waals surface area (Å²) in [7, 11) is 0. The van der Waals surface area contributed by atoms with Crippen LogP contribution in [0.15, 0.2) is 5.28 Å². The number of rotatable bonds is 6. The molecule has 1 heterocycles. The van der Waals surface area contributed by atoms with Gasteiger partial charge in [-0.25, -0.2) is 4.79 Å². The highest BCUT2D eigenvalue weighted by atomic mass is 16.8. The molecule has 0 aromatic carbocycles. The third-order valence-electron chi connectivity index (χ3n) is 2.52. The van der Waals surface area contributed by atoms with Crippen LogP contribution in [0, 0.1) is 11.1 Å². The van der Waals surface area contributed by atoms with Gasteiger partial charge in [-0.2, -0.15) is 0 Å². The Balaban J connectivity index is 2.43. The number of carbonyl (C=O) groups excluding carboxylic acids is 1. The van der Waals surface area contributed by atoms with E-state index in [1.807, 2.05) is 0 Å². The van der Waals surface area contributed by atoms with Crippen molar-refractivity contribution in [3.63, 3.8) is 0 Å². The van der Waals surface area contributed by atoms with Crippen LogP contribution in [0.25, 0.3) is 0 Å². The Hall–Kier alpha value is -2.06. The first-order chi connectivity index (χ1) is 8.82. The summed E-state index contributed by atoms with van der Waals surface area (Å²) in [6, 6.07) is -0.890. The Labute approximate surface area is 109 Å². The number of esters is 1. The lowest BCUT2D eigenvalue weighted by molar-refractivity contribution is -0.730. The van der Waals surface area contributed by atoms with Crippen LogP contribution in [-0.4, -0.2) is 45.9 Å². The standard InChI is InChI=1S/C10H17N3O6/c1-6(2)10(16)18-7(3)19-11-13(17)12-5-4-8(12)9(14)15/h6-8H,4-5H2,1-3H3,(H,14,15)/b13-11-/t7?,8-/m0/s1. The molecule has 2 atom stereocenters. The zero-order chi connectivity index (χ0) is 14.6. The van der Waals surface area contributed by atoms with E-state index in [-0.39, 0.29) is 17.4 Å². The third kappa shape index (κ3) is 3.97. The van der Waals surface area contributed by atoms with Crippen LogP contribution < -0.4 is 0 Å². The van der Waals surface area contributed by atoms with E-state index in [1.165, 1.54) is 6.92 Å². The summed E-state index contributed by atoms with van der Waals surface area (Å²) >= 11 is 0. The van der Waals surface area contributed by atoms with Crippen molar-refractivity contribution < 1.29 is 29.2 Å². The maximum Gasteiger partial charge on any atom is 0.332 e. The minimum absolute atomic E-state index is 0.0575. The number of carboxylic acids is 1. The zero-order valence-corrected chi connectivity index (χ0v) is 11.0. The predicted octanol–water partition coefficient (Wildman–Crippen LogP) is 0.500. The van der Waals surface area contributed by atoms with Gasteiger partial charge < -0.3 is 15.1 Å². The largest absolute Gasteiger partial charge is 0.569 e. The summed E-state index contributed by atoms with van der Waals surface area (Å²) in [6.45, 7) is 5.00. The van der Waals surface area contributed by atoms with Gasteiger partial charge in [0.15, 0.2) is 6.04 Å². The van der Waals surface area contributed by atoms with Gasteiger partial charge in [0.25, 0.3) is 6.29 Å². The summed E-state index contributed by atoms with van der Waals surface area (Å²) < 4.78 is 4.81. The van der Waals surface area contributed by atoms with E-state index >= 15 is 0 Å². The Kier molecular flexibility index (Phi) is 4.90. The molecule has 0 amide bonds. The first-order valence-corrected chi connectivity index (χ1v) is 5.86. The van der Waals surface area contributed by atoms with Crippen molar-refractivity contribution in [3.8, 4) is 0 Å². The second-order valence-corrected chi connectivity index (χ2v) is 4.40. The number of ether oxygens (including phenoxy) is 1. The smallest absolute Gasteiger partial charge is 0.332 e. The lowest BCUT2D eigenvalue weighted by atomic mass is 10.1. The molecular formula is C10H17N3O6. The summed E-state index contributed by atoms with van der Waals surface area (Å²) in [4.78, 5) is 26.6. The molecule has 1 fully saturated rings. The highest BCUT2D eigenvalue weighted by Crippen LogP contribution is 2.17. The van der Waals surface area contributed by atoms with Gasteiger partial charge in [0.1, 0.15) is 0 Å². The van der Waals surface area contributed by atoms with Crippen molar-refractivity contribution in [2.75, 3.05) is 6.54 Å². The van der Waals surface area contributed by atoms with Crippen LogP contribution in [-0.2, 0) is 19.2 Å². The van der Waals surface area contributed by atoms with Crippen LogP contribution in [0.4, 0.5) is 0 Å². The maximum atomic E-state index is 11.4. The van der Waals surface area contributed by atoms with Gasteiger partial charge in [-0.15, -0.1) is 5.01 Å². The number of nitrogens with zero attached hydrogens (tertiary/aromatic N) is 3. The fourth-order valence-electron chi connectivity index (χ4n) is 1.30. The molecule has 19 heavy (non-hydrogen) atoms. The number of carbonyl (C=O) groups is 2. The molecule has 9 nitrogen and oxygen atoms in total. The fourth-order valence-corrected chi connectivity index (χ4v) is 1.30. The monoisotopic (exact) mass is 275 g/mol. The first kappa shape index (κ1) is 15.0. The van der Waals surface area contributed by atoms with Gasteiger partial charge in [0.2, 0.25) is 5.28 Å². The molecule has 0 aromatic rings. The molecule has 0 bridgehead atoms. The predicted molar refractivity (Wildman–Crippen MR) is 60.3 cm³/mol. The van der Waals surface area contributed by atoms with Crippen LogP contribution in [0.2, 0.25) is 0 Å². The topological polar surface area (TPSA) is 114 Å². The molecule has 0 aliphatic carbocycles. The quantitative estimate of drug-likeness (QED) is 0.247. The van der Waals surface area contributed by atoms with E-state index in [2.05, 4.69) is 10.1 Å². The van der Waals surface area contributed by atoms with Gasteiger partial charge in [-0.3, -0.25) is 9.63 Å². The lowest BCUT2D eigenvalue weighted by Crippen LogP contribution is -2.55. The van der Waals surface area contributed by atoms with Gasteiger partial charge in [-0.1, -0.05) is 13.8 Å². The minimum atomic E-state index is -1.10. The van der Waals surface area contributed by atoms with E-state index in [9.17, 15) is 14.8 Å². The van der Waals surface area contributed by atoms with Crippen LogP contribution in [0.5, 0.6) is 0 Å². The highest BCUT2D eigenvalue weighted by Gasteiger charge is 2.41. The van der Waals surface area contributed by atoms with E-state index < -0.39 is 24.3 Å². The van der Waals surface area contributed by atoms with Crippen molar-refractivity contribution in [1.29, 1.82) is 0 Å². The molecule has 1 N–H and O–H groups in total. The van der Waals surface area contributed by atoms with Crippen molar-refractivity contribution in [3.05, 3.63) is 5.21 Å². The van der Waals surface area contributed by atoms with E-state index in [0.717, 1.165) is 5.01 Å². The van der Waals surface area contributed by atoms with Gasteiger partial charge >= 0.3 is 11.9 Å². The summed E-state index contributed by atoms with van der Waals surface area (Å²) in [6.07, 6.45) is -0.641. The Morgan fingerprint density at radius 2 is 2.11 bits per heavy atom. The molecule has 1 aliphatic rings. The highest BCUT2D eigenvalue weighted by molar-refractivity contribution is 5.74. The van der Waals surface area contributed by atoms with E-state index in [1.54, 1.807) is 13.8 Å². The van der Waals surface area contributed by atoms with Crippen molar-refractivity contribution in [1.82, 2.24) is 5.01 Å². The van der Waals surface area contributed by atoms with E-state index in [0.29, 0.717) is 6.42 Å². The van der Waals surface area contributed by atoms with Gasteiger partial charge in [0.05, 0.1) is 17.4 Å². The van der Waals surface area contributed by atoms with Crippen LogP contribution >= 0.6 is 0 Å². The number of hydrazine groups is 1. The first-order valence-electron chi connectivity index (χ1n) is 5.86. The maximum absolute atomic E-state index is 11.4. The number of carboxylic acid groups (broad SMARTS) is 1. The SMILES string of the molecule is CC(O/N=[N+](\[O-])N1CC[C@H]1C(=O)O)OC(=O)C(C)C. The third-order valence-corrected chi connectivity index (χ3v) is 2.52. The molecule has 0 aromatic heterocycles. The molecule has 0 radical (unpaired) electrons. The zero-order valence-electron chi connectivity index (χ0n) is 11.0. The molecule has 1 unspecified atom stereocenters. The molecular weight excluding hydrogens is 258 g/mol. The number of hydrogen-bond acceptors (Lipinski definition) is 6. The second-order valence-electron chi connectivity index (χ2n) is 4.40. The molecule has 108 valence electrons. The number of hydrogen-bond donors (Lipinski definition) is 1. The Bertz CT molecular complexity index is 383. The molecule has 1 rings (SSSR count). The van der Waals surface area contributed by atoms with Gasteiger partial charge in [-0.05, 0) is 0 Å². The average Bonchev–Trinajstić information content (AvgIpc) is 2.23. The van der Waals surface area contributed by atoms with Crippen molar-refractivity contribution in [2.45, 2.75) is 39.5 Å². The Morgan fingerprint density at radius 3 is 2.53 bits per heavy atom. The van der Waals surface area contributed by atoms with Crippen LogP contribution in [0.1, 0.15) is 27.2 Å².